The number of nitrogens with zero attached hydrogens (tertiary/aromatic N) is 3. The Kier molecular flexibility index (Phi) is 6.16. The molecule has 0 radical (unpaired) electrons. The number of aromatic nitrogens is 3. The van der Waals surface area contributed by atoms with Crippen molar-refractivity contribution in [2.75, 3.05) is 0 Å². The maximum absolute atomic E-state index is 5.10. The molecular weight excluding hydrogens is 571 g/mol. The van der Waals surface area contributed by atoms with Crippen molar-refractivity contribution < 1.29 is 0 Å². The van der Waals surface area contributed by atoms with Crippen molar-refractivity contribution in [1.82, 2.24) is 15.0 Å². The van der Waals surface area contributed by atoms with Gasteiger partial charge in [0.2, 0.25) is 0 Å². The second-order valence-corrected chi connectivity index (χ2v) is 12.9. The van der Waals surface area contributed by atoms with Crippen molar-refractivity contribution in [2.45, 2.75) is 19.3 Å². The third-order valence-corrected chi connectivity index (χ3v) is 9.73. The van der Waals surface area contributed by atoms with Crippen molar-refractivity contribution in [3.63, 3.8) is 0 Å². The zero-order chi connectivity index (χ0) is 31.5. The highest BCUT2D eigenvalue weighted by atomic mass is 14.9. The Bertz CT molecular complexity index is 2460. The van der Waals surface area contributed by atoms with Crippen molar-refractivity contribution >= 4 is 21.5 Å². The zero-order valence-corrected chi connectivity index (χ0v) is 26.3. The number of fused-ring (bicyclic) bond motifs is 6. The normalized spacial score (nSPS) is 13.1. The molecule has 0 atom stereocenters. The molecule has 2 heterocycles. The van der Waals surface area contributed by atoms with Crippen LogP contribution in [0.3, 0.4) is 0 Å². The summed E-state index contributed by atoms with van der Waals surface area (Å²) >= 11 is 0. The number of hydrogen-bond donors (Lipinski definition) is 0. The second kappa shape index (κ2) is 10.6. The van der Waals surface area contributed by atoms with Gasteiger partial charge in [-0.3, -0.25) is 4.98 Å². The Morgan fingerprint density at radius 2 is 1.09 bits per heavy atom. The van der Waals surface area contributed by atoms with Crippen LogP contribution < -0.4 is 0 Å². The lowest BCUT2D eigenvalue weighted by atomic mass is 9.81. The standard InChI is InChI=1S/C44H31N3/c1-44(2)38-13-7-6-12-35(38)37-26-36-32(25-39(37)44)20-19-31-24-33(21-22-34(31)36)42-27-41(46-43(47-42)30-10-4-3-5-11-30)29-17-15-28(16-18-29)40-14-8-9-23-45-40/h3-27H,1-2H3. The van der Waals surface area contributed by atoms with Crippen LogP contribution in [0.25, 0.3) is 77.8 Å². The fourth-order valence-corrected chi connectivity index (χ4v) is 7.22. The Morgan fingerprint density at radius 1 is 0.426 bits per heavy atom. The number of benzene rings is 6. The topological polar surface area (TPSA) is 38.7 Å². The minimum absolute atomic E-state index is 0.0150. The molecule has 0 saturated heterocycles. The molecule has 0 bridgehead atoms. The summed E-state index contributed by atoms with van der Waals surface area (Å²) in [6.45, 7) is 4.68. The fourth-order valence-electron chi connectivity index (χ4n) is 7.22. The predicted octanol–water partition coefficient (Wildman–Crippen LogP) is 11.2. The molecule has 0 saturated carbocycles. The van der Waals surface area contributed by atoms with Crippen LogP contribution in [0.2, 0.25) is 0 Å². The molecule has 1 aliphatic rings. The van der Waals surface area contributed by atoms with Crippen molar-refractivity contribution in [3.05, 3.63) is 163 Å². The van der Waals surface area contributed by atoms with Gasteiger partial charge in [0.05, 0.1) is 17.1 Å². The Labute approximate surface area is 274 Å². The van der Waals surface area contributed by atoms with Crippen LogP contribution in [-0.4, -0.2) is 15.0 Å². The SMILES string of the molecule is CC1(C)c2ccccc2-c2cc3c(ccc4cc(-c5cc(-c6ccc(-c7ccccn7)cc6)nc(-c6ccccc6)n5)ccc43)cc21. The van der Waals surface area contributed by atoms with Gasteiger partial charge in [-0.05, 0) is 80.2 Å². The first-order valence-electron chi connectivity index (χ1n) is 16.1. The Hall–Kier alpha value is -5.93. The summed E-state index contributed by atoms with van der Waals surface area (Å²) in [5.41, 5.74) is 12.4. The molecule has 0 aliphatic heterocycles. The van der Waals surface area contributed by atoms with E-state index in [9.17, 15) is 0 Å². The smallest absolute Gasteiger partial charge is 0.160 e. The minimum atomic E-state index is -0.0150. The molecule has 0 spiro atoms. The van der Waals surface area contributed by atoms with E-state index in [1.165, 1.54) is 43.8 Å². The summed E-state index contributed by atoms with van der Waals surface area (Å²) < 4.78 is 0. The highest BCUT2D eigenvalue weighted by Gasteiger charge is 2.35. The van der Waals surface area contributed by atoms with E-state index >= 15 is 0 Å². The molecule has 222 valence electrons. The summed E-state index contributed by atoms with van der Waals surface area (Å²) in [5, 5.41) is 5.00. The first-order chi connectivity index (χ1) is 23.0. The third kappa shape index (κ3) is 4.54. The molecule has 9 rings (SSSR count). The van der Waals surface area contributed by atoms with Crippen LogP contribution >= 0.6 is 0 Å². The van der Waals surface area contributed by atoms with E-state index in [0.29, 0.717) is 5.82 Å². The van der Waals surface area contributed by atoms with Crippen LogP contribution in [0.15, 0.2) is 152 Å². The van der Waals surface area contributed by atoms with Gasteiger partial charge < -0.3 is 0 Å². The van der Waals surface area contributed by atoms with Crippen LogP contribution in [0, 0.1) is 0 Å². The van der Waals surface area contributed by atoms with Gasteiger partial charge in [0, 0.05) is 33.9 Å². The minimum Gasteiger partial charge on any atom is -0.256 e. The van der Waals surface area contributed by atoms with E-state index in [2.05, 4.69) is 128 Å². The lowest BCUT2D eigenvalue weighted by molar-refractivity contribution is 0.661. The number of rotatable bonds is 4. The van der Waals surface area contributed by atoms with Crippen LogP contribution in [0.1, 0.15) is 25.0 Å². The fraction of sp³-hybridized carbons (Fsp3) is 0.0682. The summed E-state index contributed by atoms with van der Waals surface area (Å²) in [4.78, 5) is 14.7. The molecule has 3 nitrogen and oxygen atoms in total. The maximum atomic E-state index is 5.10. The third-order valence-electron chi connectivity index (χ3n) is 9.73. The van der Waals surface area contributed by atoms with Gasteiger partial charge >= 0.3 is 0 Å². The van der Waals surface area contributed by atoms with E-state index < -0.39 is 0 Å². The molecule has 3 heteroatoms. The van der Waals surface area contributed by atoms with Gasteiger partial charge in [0.1, 0.15) is 0 Å². The highest BCUT2D eigenvalue weighted by Crippen LogP contribution is 2.50. The quantitative estimate of drug-likeness (QED) is 0.188. The molecule has 2 aromatic heterocycles. The lowest BCUT2D eigenvalue weighted by Gasteiger charge is -2.21. The van der Waals surface area contributed by atoms with Crippen molar-refractivity contribution in [1.29, 1.82) is 0 Å². The van der Waals surface area contributed by atoms with Gasteiger partial charge in [-0.15, -0.1) is 0 Å². The average Bonchev–Trinajstić information content (AvgIpc) is 3.36. The molecular formula is C44H31N3. The first-order valence-corrected chi connectivity index (χ1v) is 16.1. The monoisotopic (exact) mass is 601 g/mol. The van der Waals surface area contributed by atoms with Crippen molar-refractivity contribution in [2.24, 2.45) is 0 Å². The largest absolute Gasteiger partial charge is 0.256 e. The van der Waals surface area contributed by atoms with E-state index in [1.54, 1.807) is 0 Å². The molecule has 1 aliphatic carbocycles. The van der Waals surface area contributed by atoms with Crippen molar-refractivity contribution in [3.8, 4) is 56.3 Å². The molecule has 0 unspecified atom stereocenters. The van der Waals surface area contributed by atoms with E-state index in [0.717, 1.165) is 39.3 Å². The Morgan fingerprint density at radius 3 is 1.85 bits per heavy atom. The molecule has 0 amide bonds. The molecule has 6 aromatic carbocycles. The summed E-state index contributed by atoms with van der Waals surface area (Å²) in [6, 6.07) is 51.7. The predicted molar refractivity (Wildman–Crippen MR) is 194 cm³/mol. The van der Waals surface area contributed by atoms with Gasteiger partial charge in [0.15, 0.2) is 5.82 Å². The first kappa shape index (κ1) is 27.4. The molecule has 0 fully saturated rings. The van der Waals surface area contributed by atoms with E-state index in [4.69, 9.17) is 9.97 Å². The Balaban J connectivity index is 1.17. The van der Waals surface area contributed by atoms with Crippen LogP contribution in [-0.2, 0) is 5.41 Å². The summed E-state index contributed by atoms with van der Waals surface area (Å²) in [7, 11) is 0. The molecule has 0 N–H and O–H groups in total. The van der Waals surface area contributed by atoms with Crippen LogP contribution in [0.4, 0.5) is 0 Å². The maximum Gasteiger partial charge on any atom is 0.160 e. The number of hydrogen-bond acceptors (Lipinski definition) is 3. The van der Waals surface area contributed by atoms with Gasteiger partial charge in [-0.2, -0.15) is 0 Å². The zero-order valence-electron chi connectivity index (χ0n) is 26.3. The lowest BCUT2D eigenvalue weighted by Crippen LogP contribution is -2.14. The second-order valence-electron chi connectivity index (χ2n) is 12.9. The number of pyridine rings is 1. The van der Waals surface area contributed by atoms with Gasteiger partial charge in [-0.25, -0.2) is 9.97 Å². The highest BCUT2D eigenvalue weighted by molar-refractivity contribution is 6.10. The summed E-state index contributed by atoms with van der Waals surface area (Å²) in [5.74, 6) is 0.711. The average molecular weight is 602 g/mol. The van der Waals surface area contributed by atoms with Gasteiger partial charge in [-0.1, -0.05) is 123 Å². The summed E-state index contributed by atoms with van der Waals surface area (Å²) in [6.07, 6.45) is 1.82. The molecule has 8 aromatic rings. The molecule has 47 heavy (non-hydrogen) atoms. The van der Waals surface area contributed by atoms with E-state index in [1.807, 2.05) is 42.6 Å². The van der Waals surface area contributed by atoms with Gasteiger partial charge in [0.25, 0.3) is 0 Å². The van der Waals surface area contributed by atoms with E-state index in [-0.39, 0.29) is 5.41 Å². The van der Waals surface area contributed by atoms with Crippen LogP contribution in [0.5, 0.6) is 0 Å².